The molecule has 0 spiro atoms. The first-order chi connectivity index (χ1) is 5.54. The van der Waals surface area contributed by atoms with Crippen molar-refractivity contribution < 1.29 is 9.52 Å². The van der Waals surface area contributed by atoms with Gasteiger partial charge in [0.05, 0.1) is 0 Å². The van der Waals surface area contributed by atoms with Gasteiger partial charge in [0.25, 0.3) is 0 Å². The van der Waals surface area contributed by atoms with Crippen LogP contribution in [0.3, 0.4) is 0 Å². The maximum absolute atomic E-state index is 11.1. The van der Waals surface area contributed by atoms with E-state index < -0.39 is 11.2 Å². The molecule has 4 heteroatoms. The van der Waals surface area contributed by atoms with E-state index in [9.17, 15) is 9.90 Å². The van der Waals surface area contributed by atoms with Crippen LogP contribution in [0, 0.1) is 0 Å². The first-order valence-electron chi connectivity index (χ1n) is 3.54. The van der Waals surface area contributed by atoms with Crippen molar-refractivity contribution in [3.63, 3.8) is 0 Å². The highest BCUT2D eigenvalue weighted by atomic mass is 35.5. The van der Waals surface area contributed by atoms with E-state index in [0.29, 0.717) is 0 Å². The molecule has 0 radical (unpaired) electrons. The second kappa shape index (κ2) is 3.19. The van der Waals surface area contributed by atoms with E-state index in [1.807, 2.05) is 13.8 Å². The van der Waals surface area contributed by atoms with Gasteiger partial charge in [-0.2, -0.15) is 0 Å². The second-order valence-electron chi connectivity index (χ2n) is 2.78. The molecule has 0 aliphatic heterocycles. The summed E-state index contributed by atoms with van der Waals surface area (Å²) in [5.41, 5.74) is -0.577. The number of halogens is 1. The molecule has 0 atom stereocenters. The third kappa shape index (κ3) is 1.46. The summed E-state index contributed by atoms with van der Waals surface area (Å²) in [5.74, 6) is -0.156. The van der Waals surface area contributed by atoms with Gasteiger partial charge in [0.1, 0.15) is 11.3 Å². The quantitative estimate of drug-likeness (QED) is 0.735. The maximum atomic E-state index is 11.1. The Hall–Kier alpha value is -0.960. The first-order valence-corrected chi connectivity index (χ1v) is 3.92. The zero-order valence-electron chi connectivity index (χ0n) is 6.80. The molecule has 0 fully saturated rings. The Morgan fingerprint density at radius 2 is 2.17 bits per heavy atom. The van der Waals surface area contributed by atoms with Crippen molar-refractivity contribution in [2.75, 3.05) is 0 Å². The van der Waals surface area contributed by atoms with Gasteiger partial charge in [-0.05, 0) is 0 Å². The third-order valence-electron chi connectivity index (χ3n) is 1.48. The average Bonchev–Trinajstić information content (AvgIpc) is 2.00. The van der Waals surface area contributed by atoms with Crippen LogP contribution >= 0.6 is 11.6 Å². The Bertz CT molecular complexity index is 341. The first kappa shape index (κ1) is 9.13. The predicted molar refractivity (Wildman–Crippen MR) is 45.7 cm³/mol. The fourth-order valence-corrected chi connectivity index (χ4v) is 0.993. The highest BCUT2D eigenvalue weighted by molar-refractivity contribution is 6.30. The Kier molecular flexibility index (Phi) is 2.43. The summed E-state index contributed by atoms with van der Waals surface area (Å²) in [6.07, 6.45) is 1.14. The van der Waals surface area contributed by atoms with Gasteiger partial charge in [0.15, 0.2) is 5.76 Å². The van der Waals surface area contributed by atoms with E-state index in [1.165, 1.54) is 0 Å². The Labute approximate surface area is 74.6 Å². The lowest BCUT2D eigenvalue weighted by molar-refractivity contribution is 0.388. The van der Waals surface area contributed by atoms with Gasteiger partial charge in [-0.25, -0.2) is 0 Å². The molecule has 1 aromatic rings. The van der Waals surface area contributed by atoms with E-state index in [4.69, 9.17) is 16.0 Å². The van der Waals surface area contributed by atoms with Gasteiger partial charge in [-0.3, -0.25) is 4.79 Å². The number of hydrogen-bond acceptors (Lipinski definition) is 3. The van der Waals surface area contributed by atoms with E-state index >= 15 is 0 Å². The molecule has 0 saturated carbocycles. The van der Waals surface area contributed by atoms with Gasteiger partial charge in [0.2, 0.25) is 11.2 Å². The van der Waals surface area contributed by atoms with Crippen LogP contribution in [-0.2, 0) is 0 Å². The van der Waals surface area contributed by atoms with Crippen LogP contribution in [0.2, 0.25) is 5.02 Å². The standard InChI is InChI=1S/C8H9ClO3/c1-4(2)8-7(11)6(10)5(9)3-12-8/h3-4,11H,1-2H3. The minimum Gasteiger partial charge on any atom is -0.502 e. The van der Waals surface area contributed by atoms with Crippen LogP contribution in [0.25, 0.3) is 0 Å². The van der Waals surface area contributed by atoms with Crippen LogP contribution in [-0.4, -0.2) is 5.11 Å². The molecule has 0 unspecified atom stereocenters. The van der Waals surface area contributed by atoms with Gasteiger partial charge < -0.3 is 9.52 Å². The summed E-state index contributed by atoms with van der Waals surface area (Å²) in [5, 5.41) is 9.16. The highest BCUT2D eigenvalue weighted by Crippen LogP contribution is 2.23. The van der Waals surface area contributed by atoms with Crippen LogP contribution in [0.5, 0.6) is 5.75 Å². The van der Waals surface area contributed by atoms with Crippen molar-refractivity contribution in [1.29, 1.82) is 0 Å². The summed E-state index contributed by atoms with van der Waals surface area (Å²) < 4.78 is 4.95. The van der Waals surface area contributed by atoms with Gasteiger partial charge in [-0.15, -0.1) is 0 Å². The SMILES string of the molecule is CC(C)c1occ(Cl)c(=O)c1O. The van der Waals surface area contributed by atoms with Crippen molar-refractivity contribution in [1.82, 2.24) is 0 Å². The summed E-state index contributed by atoms with van der Waals surface area (Å²) in [4.78, 5) is 11.1. The molecule has 0 bridgehead atoms. The molecule has 0 aromatic carbocycles. The van der Waals surface area contributed by atoms with Crippen LogP contribution in [0.1, 0.15) is 25.5 Å². The average molecular weight is 189 g/mol. The summed E-state index contributed by atoms with van der Waals surface area (Å²) >= 11 is 5.42. The number of rotatable bonds is 1. The van der Waals surface area contributed by atoms with Crippen molar-refractivity contribution in [2.45, 2.75) is 19.8 Å². The van der Waals surface area contributed by atoms with Crippen molar-refractivity contribution in [2.24, 2.45) is 0 Å². The molecule has 1 rings (SSSR count). The third-order valence-corrected chi connectivity index (χ3v) is 1.74. The number of hydrogen-bond donors (Lipinski definition) is 1. The molecule has 3 nitrogen and oxygen atoms in total. The zero-order chi connectivity index (χ0) is 9.30. The molecule has 0 aliphatic carbocycles. The van der Waals surface area contributed by atoms with Crippen molar-refractivity contribution in [3.05, 3.63) is 27.3 Å². The predicted octanol–water partition coefficient (Wildman–Crippen LogP) is 2.12. The lowest BCUT2D eigenvalue weighted by Crippen LogP contribution is -2.04. The van der Waals surface area contributed by atoms with Gasteiger partial charge >= 0.3 is 0 Å². The van der Waals surface area contributed by atoms with Gasteiger partial charge in [-0.1, -0.05) is 25.4 Å². The molecular weight excluding hydrogens is 180 g/mol. The minimum atomic E-state index is -0.577. The molecule has 1 aromatic heterocycles. The zero-order valence-corrected chi connectivity index (χ0v) is 7.55. The molecule has 0 aliphatic rings. The van der Waals surface area contributed by atoms with E-state index in [0.717, 1.165) is 6.26 Å². The Balaban J connectivity index is 3.37. The summed E-state index contributed by atoms with van der Waals surface area (Å²) in [6, 6.07) is 0. The van der Waals surface area contributed by atoms with E-state index in [1.54, 1.807) is 0 Å². The monoisotopic (exact) mass is 188 g/mol. The fourth-order valence-electron chi connectivity index (χ4n) is 0.859. The lowest BCUT2D eigenvalue weighted by Gasteiger charge is -2.04. The molecule has 0 saturated heterocycles. The smallest absolute Gasteiger partial charge is 0.245 e. The number of aromatic hydroxyl groups is 1. The molecule has 1 N–H and O–H groups in total. The molecule has 0 amide bonds. The Morgan fingerprint density at radius 3 is 2.67 bits per heavy atom. The largest absolute Gasteiger partial charge is 0.502 e. The van der Waals surface area contributed by atoms with Crippen LogP contribution in [0.4, 0.5) is 0 Å². The molecule has 1 heterocycles. The van der Waals surface area contributed by atoms with Gasteiger partial charge in [0, 0.05) is 5.92 Å². The van der Waals surface area contributed by atoms with Crippen LogP contribution < -0.4 is 5.43 Å². The van der Waals surface area contributed by atoms with Crippen molar-refractivity contribution >= 4 is 11.6 Å². The Morgan fingerprint density at radius 1 is 1.58 bits per heavy atom. The van der Waals surface area contributed by atoms with Crippen LogP contribution in [0.15, 0.2) is 15.5 Å². The second-order valence-corrected chi connectivity index (χ2v) is 3.19. The highest BCUT2D eigenvalue weighted by Gasteiger charge is 2.13. The fraction of sp³-hybridized carbons (Fsp3) is 0.375. The summed E-state index contributed by atoms with van der Waals surface area (Å²) in [7, 11) is 0. The normalized spacial score (nSPS) is 10.7. The topological polar surface area (TPSA) is 50.4 Å². The van der Waals surface area contributed by atoms with E-state index in [-0.39, 0.29) is 16.7 Å². The maximum Gasteiger partial charge on any atom is 0.245 e. The lowest BCUT2D eigenvalue weighted by atomic mass is 10.1. The van der Waals surface area contributed by atoms with E-state index in [2.05, 4.69) is 0 Å². The minimum absolute atomic E-state index is 0.0324. The molecular formula is C8H9ClO3. The molecule has 66 valence electrons. The summed E-state index contributed by atoms with van der Waals surface area (Å²) in [6.45, 7) is 3.62. The van der Waals surface area contributed by atoms with Crippen molar-refractivity contribution in [3.8, 4) is 5.75 Å². The molecule has 12 heavy (non-hydrogen) atoms.